The van der Waals surface area contributed by atoms with E-state index in [1.54, 1.807) is 12.1 Å². The van der Waals surface area contributed by atoms with Crippen molar-refractivity contribution in [1.29, 1.82) is 0 Å². The van der Waals surface area contributed by atoms with Gasteiger partial charge in [-0.15, -0.1) is 0 Å². The van der Waals surface area contributed by atoms with E-state index >= 15 is 0 Å². The number of halogens is 5. The Hall–Kier alpha value is -3.91. The Labute approximate surface area is 215 Å². The molecular formula is C28H21ClF4N4. The summed E-state index contributed by atoms with van der Waals surface area (Å²) in [6.07, 6.45) is -3.20. The van der Waals surface area contributed by atoms with Gasteiger partial charge in [0.05, 0.1) is 27.3 Å². The van der Waals surface area contributed by atoms with Crippen LogP contribution in [-0.4, -0.2) is 15.0 Å². The number of aromatic amines is 1. The van der Waals surface area contributed by atoms with Gasteiger partial charge in [0.25, 0.3) is 0 Å². The van der Waals surface area contributed by atoms with Gasteiger partial charge in [-0.05, 0) is 60.0 Å². The molecule has 188 valence electrons. The first kappa shape index (κ1) is 24.8. The number of pyridine rings is 1. The highest BCUT2D eigenvalue weighted by molar-refractivity contribution is 6.30. The SMILES string of the molecule is Cc1cccc2[nH]c(N[C@](Cc3ccccc3)(c3cc(F)cc(C(F)(F)F)c3)c3ccc(Cl)cn3)nc12. The number of benzene rings is 3. The minimum absolute atomic E-state index is 0.0377. The molecule has 0 bridgehead atoms. The molecule has 0 aliphatic carbocycles. The number of hydrogen-bond acceptors (Lipinski definition) is 3. The van der Waals surface area contributed by atoms with Crippen molar-refractivity contribution in [2.45, 2.75) is 25.1 Å². The number of nitrogens with one attached hydrogen (secondary N) is 2. The molecule has 3 aromatic carbocycles. The Morgan fingerprint density at radius 1 is 0.919 bits per heavy atom. The number of fused-ring (bicyclic) bond motifs is 1. The normalized spacial score (nSPS) is 13.5. The van der Waals surface area contributed by atoms with E-state index in [-0.39, 0.29) is 12.0 Å². The van der Waals surface area contributed by atoms with E-state index in [0.29, 0.717) is 28.2 Å². The molecule has 4 nitrogen and oxygen atoms in total. The molecule has 5 aromatic rings. The van der Waals surface area contributed by atoms with Gasteiger partial charge in [0, 0.05) is 12.6 Å². The summed E-state index contributed by atoms with van der Waals surface area (Å²) in [5.74, 6) is -0.715. The van der Waals surface area contributed by atoms with Gasteiger partial charge >= 0.3 is 6.18 Å². The van der Waals surface area contributed by atoms with Crippen molar-refractivity contribution in [3.63, 3.8) is 0 Å². The molecular weight excluding hydrogens is 504 g/mol. The second-order valence-electron chi connectivity index (χ2n) is 8.84. The number of H-pyrrole nitrogens is 1. The third-order valence-electron chi connectivity index (χ3n) is 6.24. The molecule has 0 amide bonds. The number of imidazole rings is 1. The Kier molecular flexibility index (Phi) is 6.37. The van der Waals surface area contributed by atoms with Crippen molar-refractivity contribution >= 4 is 28.6 Å². The minimum Gasteiger partial charge on any atom is -0.340 e. The van der Waals surface area contributed by atoms with Crippen LogP contribution in [0.1, 0.15) is 27.9 Å². The highest BCUT2D eigenvalue weighted by atomic mass is 35.5. The standard InChI is InChI=1S/C28H21ClF4N4/c1-17-6-5-9-23-25(17)36-26(35-23)37-27(15-18-7-3-2-4-8-18,24-11-10-21(29)16-34-24)19-12-20(28(31,32)33)14-22(30)13-19/h2-14,16H,15H2,1H3,(H2,35,36,37)/t27-/m1/s1. The number of nitrogens with zero attached hydrogens (tertiary/aromatic N) is 2. The third-order valence-corrected chi connectivity index (χ3v) is 6.46. The largest absolute Gasteiger partial charge is 0.416 e. The highest BCUT2D eigenvalue weighted by Gasteiger charge is 2.40. The van der Waals surface area contributed by atoms with E-state index in [1.807, 2.05) is 55.5 Å². The fourth-order valence-electron chi connectivity index (χ4n) is 4.49. The summed E-state index contributed by atoms with van der Waals surface area (Å²) in [6, 6.07) is 20.6. The summed E-state index contributed by atoms with van der Waals surface area (Å²) in [4.78, 5) is 12.3. The third kappa shape index (κ3) is 5.02. The molecule has 0 fully saturated rings. The van der Waals surface area contributed by atoms with E-state index in [2.05, 4.69) is 20.3 Å². The lowest BCUT2D eigenvalue weighted by molar-refractivity contribution is -0.137. The van der Waals surface area contributed by atoms with Gasteiger partial charge in [-0.2, -0.15) is 13.2 Å². The van der Waals surface area contributed by atoms with Crippen LogP contribution in [0.2, 0.25) is 5.02 Å². The van der Waals surface area contributed by atoms with Crippen molar-refractivity contribution < 1.29 is 17.6 Å². The number of anilines is 1. The predicted octanol–water partition coefficient (Wildman–Crippen LogP) is 7.68. The Balaban J connectivity index is 1.78. The van der Waals surface area contributed by atoms with Crippen LogP contribution in [0.15, 0.2) is 85.1 Å². The molecule has 5 rings (SSSR count). The Morgan fingerprint density at radius 3 is 2.35 bits per heavy atom. The van der Waals surface area contributed by atoms with Gasteiger partial charge < -0.3 is 10.3 Å². The van der Waals surface area contributed by atoms with Gasteiger partial charge in [-0.25, -0.2) is 9.37 Å². The number of alkyl halides is 3. The molecule has 9 heteroatoms. The molecule has 0 spiro atoms. The summed E-state index contributed by atoms with van der Waals surface area (Å²) >= 11 is 6.10. The van der Waals surface area contributed by atoms with Crippen LogP contribution in [0.25, 0.3) is 11.0 Å². The molecule has 0 radical (unpaired) electrons. The quantitative estimate of drug-likeness (QED) is 0.224. The maximum absolute atomic E-state index is 14.8. The predicted molar refractivity (Wildman–Crippen MR) is 136 cm³/mol. The number of hydrogen-bond donors (Lipinski definition) is 2. The van der Waals surface area contributed by atoms with Gasteiger partial charge in [0.15, 0.2) is 0 Å². The fourth-order valence-corrected chi connectivity index (χ4v) is 4.60. The molecule has 2 aromatic heterocycles. The Bertz CT molecular complexity index is 1550. The maximum atomic E-state index is 14.8. The monoisotopic (exact) mass is 524 g/mol. The molecule has 1 atom stereocenters. The summed E-state index contributed by atoms with van der Waals surface area (Å²) in [5, 5.41) is 3.66. The van der Waals surface area contributed by atoms with Crippen LogP contribution in [0, 0.1) is 12.7 Å². The molecule has 0 saturated carbocycles. The summed E-state index contributed by atoms with van der Waals surface area (Å²) in [7, 11) is 0. The van der Waals surface area contributed by atoms with Crippen LogP contribution in [0.5, 0.6) is 0 Å². The molecule has 37 heavy (non-hydrogen) atoms. The zero-order chi connectivity index (χ0) is 26.2. The lowest BCUT2D eigenvalue weighted by Gasteiger charge is -2.36. The van der Waals surface area contributed by atoms with Crippen LogP contribution in [0.4, 0.5) is 23.5 Å². The highest BCUT2D eigenvalue weighted by Crippen LogP contribution is 2.40. The lowest BCUT2D eigenvalue weighted by Crippen LogP contribution is -2.40. The summed E-state index contributed by atoms with van der Waals surface area (Å²) < 4.78 is 56.1. The zero-order valence-electron chi connectivity index (χ0n) is 19.6. The number of aryl methyl sites for hydroxylation is 1. The molecule has 0 saturated heterocycles. The van der Waals surface area contributed by atoms with Gasteiger partial charge in [-0.3, -0.25) is 4.98 Å². The second-order valence-corrected chi connectivity index (χ2v) is 9.27. The van der Waals surface area contributed by atoms with Gasteiger partial charge in [0.2, 0.25) is 5.95 Å². The number of rotatable bonds is 6. The smallest absolute Gasteiger partial charge is 0.340 e. The van der Waals surface area contributed by atoms with Crippen molar-refractivity contribution in [3.05, 3.63) is 124 Å². The van der Waals surface area contributed by atoms with Crippen molar-refractivity contribution in [2.24, 2.45) is 0 Å². The number of para-hydroxylation sites is 1. The molecule has 0 aliphatic rings. The molecule has 0 aliphatic heterocycles. The van der Waals surface area contributed by atoms with Gasteiger partial charge in [-0.1, -0.05) is 54.1 Å². The van der Waals surface area contributed by atoms with Crippen LogP contribution >= 0.6 is 11.6 Å². The van der Waals surface area contributed by atoms with E-state index < -0.39 is 23.1 Å². The first-order valence-electron chi connectivity index (χ1n) is 11.4. The maximum Gasteiger partial charge on any atom is 0.416 e. The van der Waals surface area contributed by atoms with Gasteiger partial charge in [0.1, 0.15) is 11.4 Å². The fraction of sp³-hybridized carbons (Fsp3) is 0.143. The molecule has 2 heterocycles. The average Bonchev–Trinajstić information content (AvgIpc) is 3.27. The zero-order valence-corrected chi connectivity index (χ0v) is 20.3. The van der Waals surface area contributed by atoms with Crippen LogP contribution in [0.3, 0.4) is 0 Å². The van der Waals surface area contributed by atoms with E-state index in [0.717, 1.165) is 28.8 Å². The topological polar surface area (TPSA) is 53.6 Å². The van der Waals surface area contributed by atoms with Crippen LogP contribution in [-0.2, 0) is 18.1 Å². The molecule has 2 N–H and O–H groups in total. The summed E-state index contributed by atoms with van der Waals surface area (Å²) in [6.45, 7) is 1.91. The van der Waals surface area contributed by atoms with E-state index in [4.69, 9.17) is 11.6 Å². The van der Waals surface area contributed by atoms with E-state index in [1.165, 1.54) is 6.20 Å². The van der Waals surface area contributed by atoms with Crippen molar-refractivity contribution in [2.75, 3.05) is 5.32 Å². The Morgan fingerprint density at radius 2 is 1.68 bits per heavy atom. The number of aromatic nitrogens is 3. The first-order chi connectivity index (χ1) is 17.6. The van der Waals surface area contributed by atoms with Crippen molar-refractivity contribution in [1.82, 2.24) is 15.0 Å². The van der Waals surface area contributed by atoms with Crippen molar-refractivity contribution in [3.8, 4) is 0 Å². The summed E-state index contributed by atoms with van der Waals surface area (Å²) in [5.41, 5.74) is 0.995. The molecule has 0 unspecified atom stereocenters. The lowest BCUT2D eigenvalue weighted by atomic mass is 9.80. The van der Waals surface area contributed by atoms with Crippen LogP contribution < -0.4 is 5.32 Å². The minimum atomic E-state index is -4.75. The van der Waals surface area contributed by atoms with E-state index in [9.17, 15) is 17.6 Å². The average molecular weight is 525 g/mol. The first-order valence-corrected chi connectivity index (χ1v) is 11.8. The second kappa shape index (κ2) is 9.52.